The molecule has 0 aliphatic carbocycles. The highest BCUT2D eigenvalue weighted by Crippen LogP contribution is 2.18. The minimum absolute atomic E-state index is 0.387. The van der Waals surface area contributed by atoms with Gasteiger partial charge in [0.15, 0.2) is 5.83 Å². The smallest absolute Gasteiger partial charge is 0.228 e. The molecule has 2 aromatic rings. The summed E-state index contributed by atoms with van der Waals surface area (Å²) in [6.07, 6.45) is 1.49. The number of hydrogen-bond donors (Lipinski definition) is 1. The molecule has 0 fully saturated rings. The Morgan fingerprint density at radius 1 is 1.08 bits per heavy atom. The lowest BCUT2D eigenvalue weighted by atomic mass is 10.1. The number of aliphatic imine (C=N–C) groups is 1. The van der Waals surface area contributed by atoms with Crippen LogP contribution in [-0.4, -0.2) is 31.1 Å². The van der Waals surface area contributed by atoms with Gasteiger partial charge >= 0.3 is 0 Å². The second-order valence-electron chi connectivity index (χ2n) is 6.36. The molecule has 1 unspecified atom stereocenters. The van der Waals surface area contributed by atoms with Gasteiger partial charge in [-0.15, -0.1) is 0 Å². The van der Waals surface area contributed by atoms with Gasteiger partial charge < -0.3 is 15.0 Å². The maximum absolute atomic E-state index is 14.2. The summed E-state index contributed by atoms with van der Waals surface area (Å²) in [6.45, 7) is 3.10. The topological polar surface area (TPSA) is 36.9 Å². The molecule has 1 aliphatic rings. The summed E-state index contributed by atoms with van der Waals surface area (Å²) in [7, 11) is 1.78. The largest absolute Gasteiger partial charge is 0.365 e. The molecule has 3 rings (SSSR count). The van der Waals surface area contributed by atoms with Crippen molar-refractivity contribution < 1.29 is 9.13 Å². The number of aryl methyl sites for hydroxylation is 1. The van der Waals surface area contributed by atoms with Crippen LogP contribution in [0.15, 0.2) is 71.2 Å². The Balaban J connectivity index is 1.54. The van der Waals surface area contributed by atoms with Gasteiger partial charge in [0.2, 0.25) is 6.35 Å². The molecular formula is C21H24FN3O. The van der Waals surface area contributed by atoms with E-state index in [1.807, 2.05) is 49.4 Å². The fraction of sp³-hybridized carbons (Fsp3) is 0.286. The van der Waals surface area contributed by atoms with Crippen LogP contribution < -0.4 is 5.32 Å². The van der Waals surface area contributed by atoms with E-state index in [1.165, 1.54) is 17.3 Å². The van der Waals surface area contributed by atoms with Crippen molar-refractivity contribution in [3.63, 3.8) is 0 Å². The van der Waals surface area contributed by atoms with Crippen LogP contribution in [-0.2, 0) is 17.7 Å². The molecule has 5 heteroatoms. The quantitative estimate of drug-likeness (QED) is 0.823. The number of allylic oxidation sites excluding steroid dienone is 1. The van der Waals surface area contributed by atoms with Crippen molar-refractivity contribution in [1.82, 2.24) is 10.2 Å². The first-order valence-electron chi connectivity index (χ1n) is 8.74. The molecule has 0 aromatic heterocycles. The van der Waals surface area contributed by atoms with Crippen LogP contribution in [0.25, 0.3) is 0 Å². The van der Waals surface area contributed by atoms with E-state index < -0.39 is 6.35 Å². The van der Waals surface area contributed by atoms with Crippen LogP contribution in [0.4, 0.5) is 4.39 Å². The van der Waals surface area contributed by atoms with Crippen molar-refractivity contribution in [2.45, 2.75) is 26.2 Å². The number of ether oxygens (including phenoxy) is 1. The lowest BCUT2D eigenvalue weighted by Gasteiger charge is -2.32. The maximum atomic E-state index is 14.2. The molecule has 0 bridgehead atoms. The Bertz CT molecular complexity index is 772. The highest BCUT2D eigenvalue weighted by molar-refractivity contribution is 5.77. The van der Waals surface area contributed by atoms with Crippen LogP contribution in [0.1, 0.15) is 16.7 Å². The first-order chi connectivity index (χ1) is 12.6. The Morgan fingerprint density at radius 3 is 2.54 bits per heavy atom. The third-order valence-electron chi connectivity index (χ3n) is 4.31. The van der Waals surface area contributed by atoms with Gasteiger partial charge in [0.25, 0.3) is 0 Å². The van der Waals surface area contributed by atoms with Gasteiger partial charge in [-0.25, -0.2) is 9.38 Å². The zero-order valence-corrected chi connectivity index (χ0v) is 15.2. The fourth-order valence-corrected chi connectivity index (χ4v) is 2.75. The van der Waals surface area contributed by atoms with Gasteiger partial charge in [0.1, 0.15) is 5.82 Å². The Morgan fingerprint density at radius 2 is 1.81 bits per heavy atom. The minimum atomic E-state index is -0.529. The molecule has 1 atom stereocenters. The molecule has 0 saturated carbocycles. The fourth-order valence-electron chi connectivity index (χ4n) is 2.75. The lowest BCUT2D eigenvalue weighted by Crippen LogP contribution is -2.40. The Hall–Kier alpha value is -2.66. The van der Waals surface area contributed by atoms with Crippen molar-refractivity contribution in [3.8, 4) is 0 Å². The van der Waals surface area contributed by atoms with E-state index in [1.54, 1.807) is 11.9 Å². The third kappa shape index (κ3) is 4.70. The first kappa shape index (κ1) is 18.1. The molecule has 0 radical (unpaired) electrons. The van der Waals surface area contributed by atoms with E-state index in [4.69, 9.17) is 4.74 Å². The van der Waals surface area contributed by atoms with Crippen LogP contribution in [0.2, 0.25) is 0 Å². The van der Waals surface area contributed by atoms with Gasteiger partial charge in [0.05, 0.1) is 12.8 Å². The molecule has 26 heavy (non-hydrogen) atoms. The molecule has 1 heterocycles. The normalized spacial score (nSPS) is 16.9. The molecule has 0 saturated heterocycles. The van der Waals surface area contributed by atoms with E-state index >= 15 is 0 Å². The summed E-state index contributed by atoms with van der Waals surface area (Å²) < 4.78 is 20.0. The first-order valence-corrected chi connectivity index (χ1v) is 8.74. The van der Waals surface area contributed by atoms with E-state index in [0.29, 0.717) is 19.0 Å². The Kier molecular flexibility index (Phi) is 6.02. The van der Waals surface area contributed by atoms with E-state index in [-0.39, 0.29) is 5.83 Å². The van der Waals surface area contributed by atoms with Crippen LogP contribution in [0, 0.1) is 6.92 Å². The van der Waals surface area contributed by atoms with Crippen LogP contribution >= 0.6 is 0 Å². The van der Waals surface area contributed by atoms with Gasteiger partial charge in [-0.3, -0.25) is 0 Å². The van der Waals surface area contributed by atoms with Crippen molar-refractivity contribution in [2.24, 2.45) is 4.99 Å². The average molecular weight is 353 g/mol. The van der Waals surface area contributed by atoms with Crippen LogP contribution in [0.3, 0.4) is 0 Å². The summed E-state index contributed by atoms with van der Waals surface area (Å²) in [6, 6.07) is 18.3. The molecule has 136 valence electrons. The summed E-state index contributed by atoms with van der Waals surface area (Å²) >= 11 is 0. The van der Waals surface area contributed by atoms with Crippen molar-refractivity contribution in [3.05, 3.63) is 82.9 Å². The van der Waals surface area contributed by atoms with Gasteiger partial charge in [-0.2, -0.15) is 0 Å². The molecule has 1 aliphatic heterocycles. The zero-order chi connectivity index (χ0) is 18.4. The summed E-state index contributed by atoms with van der Waals surface area (Å²) in [5.41, 5.74) is 3.50. The molecule has 2 aromatic carbocycles. The van der Waals surface area contributed by atoms with Crippen molar-refractivity contribution in [1.29, 1.82) is 0 Å². The monoisotopic (exact) mass is 353 g/mol. The number of nitrogens with zero attached hydrogens (tertiary/aromatic N) is 2. The zero-order valence-electron chi connectivity index (χ0n) is 15.2. The third-order valence-corrected chi connectivity index (χ3v) is 4.31. The van der Waals surface area contributed by atoms with Gasteiger partial charge in [-0.1, -0.05) is 60.2 Å². The van der Waals surface area contributed by atoms with Crippen LogP contribution in [0.5, 0.6) is 0 Å². The second kappa shape index (κ2) is 8.63. The van der Waals surface area contributed by atoms with Crippen molar-refractivity contribution in [2.75, 3.05) is 13.7 Å². The van der Waals surface area contributed by atoms with E-state index in [0.717, 1.165) is 12.0 Å². The number of halogens is 1. The lowest BCUT2D eigenvalue weighted by molar-refractivity contribution is -0.0300. The number of hydrogen-bond acceptors (Lipinski definition) is 4. The van der Waals surface area contributed by atoms with Gasteiger partial charge in [0, 0.05) is 13.6 Å². The predicted molar refractivity (Wildman–Crippen MR) is 102 cm³/mol. The van der Waals surface area contributed by atoms with E-state index in [9.17, 15) is 4.39 Å². The van der Waals surface area contributed by atoms with Crippen molar-refractivity contribution >= 4 is 6.21 Å². The minimum Gasteiger partial charge on any atom is -0.365 e. The average Bonchev–Trinajstić information content (AvgIpc) is 2.66. The Labute approximate surface area is 154 Å². The molecule has 0 amide bonds. The standard InChI is InChI=1S/C21H24FN3O/c1-16-8-10-18(11-9-16)14-23-20-19(22)15-24-21(25(20)2)26-13-12-17-6-4-3-5-7-17/h3-11,15,21,23H,12-14H2,1-2H3. The highest BCUT2D eigenvalue weighted by atomic mass is 19.1. The molecule has 0 spiro atoms. The SMILES string of the molecule is Cc1ccc(CNC2=C(F)C=NC(OCCc3ccccc3)N2C)cc1. The van der Waals surface area contributed by atoms with E-state index in [2.05, 4.69) is 22.4 Å². The maximum Gasteiger partial charge on any atom is 0.228 e. The number of benzene rings is 2. The summed E-state index contributed by atoms with van der Waals surface area (Å²) in [5.74, 6) is 0.00723. The van der Waals surface area contributed by atoms with Gasteiger partial charge in [-0.05, 0) is 24.5 Å². The second-order valence-corrected chi connectivity index (χ2v) is 6.36. The molecule has 1 N–H and O–H groups in total. The summed E-state index contributed by atoms with van der Waals surface area (Å²) in [5, 5.41) is 3.15. The predicted octanol–water partition coefficient (Wildman–Crippen LogP) is 3.78. The highest BCUT2D eigenvalue weighted by Gasteiger charge is 2.23. The summed E-state index contributed by atoms with van der Waals surface area (Å²) in [4.78, 5) is 5.83. The molecule has 4 nitrogen and oxygen atoms in total. The number of nitrogens with one attached hydrogen (secondary N) is 1. The molecular weight excluding hydrogens is 329 g/mol. The number of rotatable bonds is 7.